The lowest BCUT2D eigenvalue weighted by Crippen LogP contribution is -2.52. The van der Waals surface area contributed by atoms with Gasteiger partial charge >= 0.3 is 29.8 Å². The van der Waals surface area contributed by atoms with E-state index in [0.29, 0.717) is 94.7 Å². The molecule has 4 heterocycles. The first-order valence-corrected chi connectivity index (χ1v) is 28.3. The van der Waals surface area contributed by atoms with E-state index in [1.54, 1.807) is 37.7 Å². The number of morpholine rings is 2. The molecule has 2 N–H and O–H groups in total. The molecule has 2 aliphatic heterocycles. The molecule has 81 heavy (non-hydrogen) atoms. The number of hydrogen-bond donors (Lipinski definition) is 2. The molecule has 2 saturated carbocycles. The Morgan fingerprint density at radius 1 is 0.642 bits per heavy atom. The van der Waals surface area contributed by atoms with Gasteiger partial charge in [-0.15, -0.1) is 0 Å². The maximum atomic E-state index is 14.7. The highest BCUT2D eigenvalue weighted by molar-refractivity contribution is 5.98. The van der Waals surface area contributed by atoms with E-state index in [4.69, 9.17) is 28.4 Å². The van der Waals surface area contributed by atoms with E-state index in [1.807, 2.05) is 44.7 Å². The minimum atomic E-state index is -1.60. The van der Waals surface area contributed by atoms with Crippen molar-refractivity contribution < 1.29 is 71.9 Å². The lowest BCUT2D eigenvalue weighted by atomic mass is 10.0. The predicted molar refractivity (Wildman–Crippen MR) is 296 cm³/mol. The molecule has 0 unspecified atom stereocenters. The van der Waals surface area contributed by atoms with Gasteiger partial charge in [-0.25, -0.2) is 29.1 Å². The Hall–Kier alpha value is -6.72. The van der Waals surface area contributed by atoms with Crippen LogP contribution in [-0.2, 0) is 79.6 Å². The van der Waals surface area contributed by atoms with E-state index in [-0.39, 0.29) is 49.1 Å². The molecule has 4 fully saturated rings. The number of ether oxygens (including phenoxy) is 6. The van der Waals surface area contributed by atoms with Gasteiger partial charge in [0.2, 0.25) is 0 Å². The summed E-state index contributed by atoms with van der Waals surface area (Å²) in [5.74, 6) is -5.87. The Kier molecular flexibility index (Phi) is 23.4. The van der Waals surface area contributed by atoms with Gasteiger partial charge in [-0.1, -0.05) is 58.7 Å². The number of likely N-dealkylation sites (N-methyl/N-ethyl adjacent to an activating group) is 4. The van der Waals surface area contributed by atoms with Crippen molar-refractivity contribution in [2.45, 2.75) is 142 Å². The van der Waals surface area contributed by atoms with Crippen LogP contribution in [0.2, 0.25) is 0 Å². The van der Waals surface area contributed by atoms with Crippen LogP contribution in [0.4, 0.5) is 11.6 Å². The molecule has 0 spiro atoms. The molecule has 2 saturated heterocycles. The van der Waals surface area contributed by atoms with E-state index in [9.17, 15) is 43.5 Å². The molecule has 2 aromatic heterocycles. The lowest BCUT2D eigenvalue weighted by Gasteiger charge is -2.33. The Labute approximate surface area is 475 Å². The summed E-state index contributed by atoms with van der Waals surface area (Å²) < 4.78 is 34.2. The van der Waals surface area contributed by atoms with Gasteiger partial charge in [0.05, 0.1) is 26.4 Å². The van der Waals surface area contributed by atoms with Crippen molar-refractivity contribution in [1.82, 2.24) is 30.0 Å². The Morgan fingerprint density at radius 2 is 1.10 bits per heavy atom. The molecule has 0 bridgehead atoms. The number of allylic oxidation sites excluding steroid dienone is 1. The van der Waals surface area contributed by atoms with E-state index in [2.05, 4.69) is 20.2 Å². The first kappa shape index (κ1) is 63.5. The van der Waals surface area contributed by atoms with Crippen LogP contribution < -0.4 is 15.1 Å². The van der Waals surface area contributed by atoms with Crippen LogP contribution in [0.15, 0.2) is 48.4 Å². The number of carbonyl (C=O) groups is 8. The fourth-order valence-corrected chi connectivity index (χ4v) is 9.53. The third-order valence-electron chi connectivity index (χ3n) is 14.8. The lowest BCUT2D eigenvalue weighted by molar-refractivity contribution is -0.171. The SMILES string of the molecule is CN[C@@H](CC1CC1)C(=O)O[C@H](Cc1ccc(N2CCOCC2)nc1)C(=O)N(C)[C@@H](CC(C)C)C(=O)O[C@H](C)C(=O)N(C)/C(=C/C1CC1)C(=O)O[C@H](Cc1ccc(N2CCOCC2)nc1)C(=O)N(C)[C@@H](CC(C)C)C(=O)O[C@H](C)C(=O)O. The Morgan fingerprint density at radius 3 is 1.49 bits per heavy atom. The van der Waals surface area contributed by atoms with Crippen LogP contribution in [0.25, 0.3) is 0 Å². The first-order valence-electron chi connectivity index (χ1n) is 28.3. The fourth-order valence-electron chi connectivity index (χ4n) is 9.53. The van der Waals surface area contributed by atoms with Crippen molar-refractivity contribution in [2.24, 2.45) is 23.7 Å². The van der Waals surface area contributed by atoms with Gasteiger partial charge in [0, 0.05) is 72.6 Å². The number of anilines is 2. The van der Waals surface area contributed by atoms with Crippen LogP contribution in [-0.4, -0.2) is 201 Å². The van der Waals surface area contributed by atoms with Gasteiger partial charge in [-0.3, -0.25) is 19.2 Å². The minimum absolute atomic E-state index is 0.0432. The van der Waals surface area contributed by atoms with Crippen LogP contribution in [0.5, 0.6) is 0 Å². The first-order chi connectivity index (χ1) is 38.5. The maximum absolute atomic E-state index is 14.7. The van der Waals surface area contributed by atoms with Crippen molar-refractivity contribution in [3.63, 3.8) is 0 Å². The third kappa shape index (κ3) is 18.7. The van der Waals surface area contributed by atoms with Crippen LogP contribution in [0.1, 0.15) is 97.6 Å². The summed E-state index contributed by atoms with van der Waals surface area (Å²) in [5, 5.41) is 12.5. The highest BCUT2D eigenvalue weighted by Crippen LogP contribution is 2.34. The molecular formula is C58H84N8O15. The second-order valence-corrected chi connectivity index (χ2v) is 22.5. The van der Waals surface area contributed by atoms with Crippen molar-refractivity contribution >= 4 is 59.2 Å². The number of aliphatic carboxylic acids is 1. The second-order valence-electron chi connectivity index (χ2n) is 22.5. The number of nitrogens with zero attached hydrogens (tertiary/aromatic N) is 7. The molecular weight excluding hydrogens is 1050 g/mol. The molecule has 23 heteroatoms. The van der Waals surface area contributed by atoms with Gasteiger partial charge in [0.15, 0.2) is 24.4 Å². The number of pyridine rings is 2. The molecule has 0 radical (unpaired) electrons. The number of nitrogens with one attached hydrogen (secondary N) is 1. The summed E-state index contributed by atoms with van der Waals surface area (Å²) in [6, 6.07) is 4.02. The van der Waals surface area contributed by atoms with E-state index in [0.717, 1.165) is 28.5 Å². The number of hydrogen-bond acceptors (Lipinski definition) is 19. The second kappa shape index (κ2) is 29.8. The quantitative estimate of drug-likeness (QED) is 0.0669. The van der Waals surface area contributed by atoms with Crippen LogP contribution in [0, 0.1) is 23.7 Å². The van der Waals surface area contributed by atoms with Gasteiger partial charge in [0.1, 0.15) is 35.5 Å². The molecule has 23 nitrogen and oxygen atoms in total. The Bertz CT molecular complexity index is 2510. The molecule has 7 atom stereocenters. The van der Waals surface area contributed by atoms with Crippen molar-refractivity contribution in [1.29, 1.82) is 0 Å². The molecule has 4 aliphatic rings. The topological polar surface area (TPSA) is 266 Å². The largest absolute Gasteiger partial charge is 0.479 e. The van der Waals surface area contributed by atoms with E-state index in [1.165, 1.54) is 39.9 Å². The smallest absolute Gasteiger partial charge is 0.355 e. The number of esters is 4. The van der Waals surface area contributed by atoms with Crippen LogP contribution in [0.3, 0.4) is 0 Å². The molecule has 0 aromatic carbocycles. The molecule has 446 valence electrons. The van der Waals surface area contributed by atoms with Crippen molar-refractivity contribution in [3.8, 4) is 0 Å². The zero-order chi connectivity index (χ0) is 59.1. The van der Waals surface area contributed by atoms with Crippen molar-refractivity contribution in [3.05, 3.63) is 59.6 Å². The fraction of sp³-hybridized carbons (Fsp3) is 0.655. The number of amides is 3. The zero-order valence-electron chi connectivity index (χ0n) is 48.7. The highest BCUT2D eigenvalue weighted by Gasteiger charge is 2.41. The molecule has 3 amide bonds. The zero-order valence-corrected chi connectivity index (χ0v) is 48.7. The summed E-state index contributed by atoms with van der Waals surface area (Å²) in [4.78, 5) is 128. The van der Waals surface area contributed by atoms with Crippen LogP contribution >= 0.6 is 0 Å². The average Bonchev–Trinajstić information content (AvgIpc) is 4.44. The predicted octanol–water partition coefficient (Wildman–Crippen LogP) is 3.59. The van der Waals surface area contributed by atoms with Gasteiger partial charge in [0.25, 0.3) is 17.7 Å². The normalized spacial score (nSPS) is 18.3. The van der Waals surface area contributed by atoms with Gasteiger partial charge < -0.3 is 63.3 Å². The maximum Gasteiger partial charge on any atom is 0.355 e. The summed E-state index contributed by atoms with van der Waals surface area (Å²) >= 11 is 0. The number of carboxylic acid groups (broad SMARTS) is 1. The Balaban J connectivity index is 1.21. The van der Waals surface area contributed by atoms with E-state index < -0.39 is 90.1 Å². The summed E-state index contributed by atoms with van der Waals surface area (Å²) in [5.41, 5.74) is 0.889. The molecule has 2 aromatic rings. The summed E-state index contributed by atoms with van der Waals surface area (Å²) in [6.07, 6.45) is 2.65. The van der Waals surface area contributed by atoms with E-state index >= 15 is 0 Å². The molecule has 2 aliphatic carbocycles. The summed E-state index contributed by atoms with van der Waals surface area (Å²) in [7, 11) is 5.76. The number of carboxylic acids is 1. The summed E-state index contributed by atoms with van der Waals surface area (Å²) in [6.45, 7) is 14.7. The average molecular weight is 1130 g/mol. The van der Waals surface area contributed by atoms with Gasteiger partial charge in [-0.05, 0) is 99.9 Å². The standard InChI is InChI=1S/C58H84N8O15/c1-35(2)27-44(63(9)52(68)47(80-55(72)43(59-7)29-39-11-12-39)31-41-15-17-49(60-33-41)65-19-23-76-24-20-65)56(73)78-37(5)51(67)62(8)46(30-40-13-14-40)58(75)81-48(32-42-16-18-50(61-34-42)66-21-25-77-26-22-66)53(69)64(10)45(28-36(3)4)57(74)79-38(6)54(70)71/h15-18,30,33-40,43-45,47-48,59H,11-14,19-29,31-32H2,1-10H3,(H,70,71)/b46-30+/t37-,38-,43+,44+,45+,47-,48-/m1/s1. The van der Waals surface area contributed by atoms with Gasteiger partial charge in [-0.2, -0.15) is 0 Å². The minimum Gasteiger partial charge on any atom is -0.479 e. The highest BCUT2D eigenvalue weighted by atomic mass is 16.6. The number of rotatable bonds is 29. The monoisotopic (exact) mass is 1130 g/mol. The third-order valence-corrected chi connectivity index (χ3v) is 14.8. The molecule has 6 rings (SSSR count). The number of carbonyl (C=O) groups excluding carboxylic acids is 7. The van der Waals surface area contributed by atoms with Crippen molar-refractivity contribution in [2.75, 3.05) is 90.6 Å². The number of aromatic nitrogens is 2.